The molecule has 0 aromatic heterocycles. The number of likely N-dealkylation sites (tertiary alicyclic amines) is 1. The number of amides is 3. The van der Waals surface area contributed by atoms with Gasteiger partial charge in [-0.2, -0.15) is 13.2 Å². The number of hydrogen-bond acceptors (Lipinski definition) is 3. The molecule has 0 bridgehead atoms. The zero-order valence-corrected chi connectivity index (χ0v) is 16.1. The first-order valence-electron chi connectivity index (χ1n) is 9.60. The number of nitrogens with two attached hydrogens (primary N) is 1. The number of fused-ring (bicyclic) bond motifs is 1. The third-order valence-corrected chi connectivity index (χ3v) is 5.61. The Hall–Kier alpha value is -3.23. The average molecular weight is 418 g/mol. The minimum atomic E-state index is -4.37. The number of urea groups is 1. The van der Waals surface area contributed by atoms with Crippen molar-refractivity contribution >= 4 is 23.3 Å². The molecule has 9 heteroatoms. The van der Waals surface area contributed by atoms with E-state index in [-0.39, 0.29) is 11.8 Å². The normalized spacial score (nSPS) is 16.6. The van der Waals surface area contributed by atoms with E-state index in [0.29, 0.717) is 38.3 Å². The molecule has 2 aromatic carbocycles. The van der Waals surface area contributed by atoms with Crippen LogP contribution in [-0.2, 0) is 23.9 Å². The highest BCUT2D eigenvalue weighted by atomic mass is 19.4. The third-order valence-electron chi connectivity index (χ3n) is 5.61. The zero-order chi connectivity index (χ0) is 21.5. The molecule has 0 spiro atoms. The van der Waals surface area contributed by atoms with E-state index in [4.69, 9.17) is 5.73 Å². The number of nitrogens with zero attached hydrogens (tertiary/aromatic N) is 2. The van der Waals surface area contributed by atoms with Gasteiger partial charge in [0.2, 0.25) is 5.91 Å². The molecule has 2 aromatic rings. The topological polar surface area (TPSA) is 78.7 Å². The van der Waals surface area contributed by atoms with Crippen molar-refractivity contribution in [2.75, 3.05) is 25.0 Å². The maximum atomic E-state index is 12.7. The minimum absolute atomic E-state index is 0.0132. The molecule has 0 saturated carbocycles. The van der Waals surface area contributed by atoms with Crippen molar-refractivity contribution in [1.29, 1.82) is 0 Å². The van der Waals surface area contributed by atoms with Crippen molar-refractivity contribution in [3.63, 3.8) is 0 Å². The maximum absolute atomic E-state index is 12.7. The van der Waals surface area contributed by atoms with Gasteiger partial charge in [0.15, 0.2) is 0 Å². The van der Waals surface area contributed by atoms with Crippen LogP contribution in [0.4, 0.5) is 29.3 Å². The van der Waals surface area contributed by atoms with Gasteiger partial charge in [0.25, 0.3) is 0 Å². The van der Waals surface area contributed by atoms with E-state index >= 15 is 0 Å². The number of rotatable bonds is 3. The number of anilines is 2. The van der Waals surface area contributed by atoms with E-state index in [1.807, 2.05) is 18.2 Å². The molecular weight excluding hydrogens is 397 g/mol. The molecule has 3 N–H and O–H groups in total. The first-order chi connectivity index (χ1) is 14.2. The molecule has 158 valence electrons. The van der Waals surface area contributed by atoms with Gasteiger partial charge in [-0.3, -0.25) is 4.79 Å². The number of nitrogens with one attached hydrogen (secondary N) is 1. The summed E-state index contributed by atoms with van der Waals surface area (Å²) >= 11 is 0. The van der Waals surface area contributed by atoms with Crippen LogP contribution >= 0.6 is 0 Å². The molecule has 30 heavy (non-hydrogen) atoms. The minimum Gasteiger partial charge on any atom is -0.355 e. The molecule has 4 rings (SSSR count). The molecule has 0 radical (unpaired) electrons. The molecule has 6 nitrogen and oxygen atoms in total. The Bertz CT molecular complexity index is 969. The Kier molecular flexibility index (Phi) is 5.05. The zero-order valence-electron chi connectivity index (χ0n) is 16.1. The van der Waals surface area contributed by atoms with Crippen LogP contribution in [0.25, 0.3) is 0 Å². The van der Waals surface area contributed by atoms with E-state index in [2.05, 4.69) is 5.32 Å². The predicted octanol–water partition coefficient (Wildman–Crippen LogP) is 3.34. The number of alkyl halides is 3. The lowest BCUT2D eigenvalue weighted by Crippen LogP contribution is -2.58. The van der Waals surface area contributed by atoms with E-state index < -0.39 is 17.8 Å². The number of carbonyl (C=O) groups is 2. The highest BCUT2D eigenvalue weighted by molar-refractivity contribution is 5.84. The third kappa shape index (κ3) is 3.92. The van der Waals surface area contributed by atoms with E-state index in [1.54, 1.807) is 4.90 Å². The smallest absolute Gasteiger partial charge is 0.355 e. The predicted molar refractivity (Wildman–Crippen MR) is 105 cm³/mol. The van der Waals surface area contributed by atoms with E-state index in [1.165, 1.54) is 17.0 Å². The summed E-state index contributed by atoms with van der Waals surface area (Å²) in [7, 11) is 0. The molecule has 0 atom stereocenters. The van der Waals surface area contributed by atoms with Crippen LogP contribution < -0.4 is 11.1 Å². The first kappa shape index (κ1) is 20.1. The number of hydrogen-bond donors (Lipinski definition) is 2. The van der Waals surface area contributed by atoms with Crippen LogP contribution in [0.2, 0.25) is 0 Å². The number of carbonyl (C=O) groups excluding carboxylic acids is 2. The lowest BCUT2D eigenvalue weighted by atomic mass is 9.94. The summed E-state index contributed by atoms with van der Waals surface area (Å²) in [5.41, 5.74) is 7.95. The summed E-state index contributed by atoms with van der Waals surface area (Å²) in [6, 6.07) is 10.1. The molecule has 3 amide bonds. The van der Waals surface area contributed by atoms with Crippen molar-refractivity contribution in [1.82, 2.24) is 9.80 Å². The lowest BCUT2D eigenvalue weighted by molar-refractivity contribution is -0.140. The Morgan fingerprint density at radius 2 is 1.73 bits per heavy atom. The lowest BCUT2D eigenvalue weighted by Gasteiger charge is -2.40. The fourth-order valence-corrected chi connectivity index (χ4v) is 3.89. The Labute approximate surface area is 171 Å². The summed E-state index contributed by atoms with van der Waals surface area (Å²) in [5, 5.41) is 3.19. The largest absolute Gasteiger partial charge is 0.416 e. The molecule has 2 aliphatic rings. The summed E-state index contributed by atoms with van der Waals surface area (Å²) < 4.78 is 38.2. The molecule has 0 aliphatic carbocycles. The van der Waals surface area contributed by atoms with Crippen molar-refractivity contribution < 1.29 is 22.8 Å². The summed E-state index contributed by atoms with van der Waals surface area (Å²) in [6.45, 7) is 1.72. The highest BCUT2D eigenvalue weighted by Gasteiger charge is 2.38. The van der Waals surface area contributed by atoms with Crippen LogP contribution in [0.5, 0.6) is 0 Å². The van der Waals surface area contributed by atoms with Crippen molar-refractivity contribution in [2.24, 2.45) is 11.7 Å². The molecule has 1 saturated heterocycles. The number of halogens is 3. The van der Waals surface area contributed by atoms with Crippen LogP contribution in [0.3, 0.4) is 0 Å². The quantitative estimate of drug-likeness (QED) is 0.803. The van der Waals surface area contributed by atoms with Crippen LogP contribution in [-0.4, -0.2) is 41.4 Å². The molecule has 2 aliphatic heterocycles. The summed E-state index contributed by atoms with van der Waals surface area (Å²) in [6.07, 6.45) is -3.73. The maximum Gasteiger partial charge on any atom is 0.416 e. The molecule has 1 fully saturated rings. The van der Waals surface area contributed by atoms with Crippen molar-refractivity contribution in [2.45, 2.75) is 19.1 Å². The van der Waals surface area contributed by atoms with Crippen LogP contribution in [0, 0.1) is 5.92 Å². The van der Waals surface area contributed by atoms with Gasteiger partial charge in [-0.25, -0.2) is 4.79 Å². The Balaban J connectivity index is 1.44. The van der Waals surface area contributed by atoms with Crippen LogP contribution in [0.15, 0.2) is 42.5 Å². The van der Waals surface area contributed by atoms with Gasteiger partial charge in [0.1, 0.15) is 0 Å². The van der Waals surface area contributed by atoms with Crippen molar-refractivity contribution in [3.8, 4) is 0 Å². The van der Waals surface area contributed by atoms with Gasteiger partial charge < -0.3 is 20.9 Å². The Morgan fingerprint density at radius 1 is 1.03 bits per heavy atom. The second kappa shape index (κ2) is 7.55. The standard InChI is InChI=1S/C21H21F3N4O2/c22-21(23,24)15-4-6-16(7-5-15)26-18-3-1-2-13-10-27(9-8-17(13)18)19(29)14-11-28(12-14)20(25)30/h1-7,14,26H,8-12H2,(H2,25,30). The average Bonchev–Trinajstić information content (AvgIpc) is 2.66. The van der Waals surface area contributed by atoms with Gasteiger partial charge in [-0.1, -0.05) is 12.1 Å². The summed E-state index contributed by atoms with van der Waals surface area (Å²) in [4.78, 5) is 27.0. The van der Waals surface area contributed by atoms with Gasteiger partial charge in [0, 0.05) is 37.6 Å². The van der Waals surface area contributed by atoms with Crippen LogP contribution in [0.1, 0.15) is 16.7 Å². The van der Waals surface area contributed by atoms with E-state index in [0.717, 1.165) is 28.9 Å². The second-order valence-electron chi connectivity index (χ2n) is 7.59. The van der Waals surface area contributed by atoms with Gasteiger partial charge in [0.05, 0.1) is 11.5 Å². The van der Waals surface area contributed by atoms with Gasteiger partial charge in [-0.05, 0) is 47.9 Å². The van der Waals surface area contributed by atoms with E-state index in [9.17, 15) is 22.8 Å². The molecular formula is C21H21F3N4O2. The fourth-order valence-electron chi connectivity index (χ4n) is 3.89. The van der Waals surface area contributed by atoms with Gasteiger partial charge >= 0.3 is 12.2 Å². The van der Waals surface area contributed by atoms with Gasteiger partial charge in [-0.15, -0.1) is 0 Å². The molecule has 0 unspecified atom stereocenters. The number of benzene rings is 2. The molecule has 2 heterocycles. The highest BCUT2D eigenvalue weighted by Crippen LogP contribution is 2.32. The second-order valence-corrected chi connectivity index (χ2v) is 7.59. The first-order valence-corrected chi connectivity index (χ1v) is 9.60. The fraction of sp³-hybridized carbons (Fsp3) is 0.333. The Morgan fingerprint density at radius 3 is 2.37 bits per heavy atom. The SMILES string of the molecule is NC(=O)N1CC(C(=O)N2CCc3c(cccc3Nc3ccc(C(F)(F)F)cc3)C2)C1. The summed E-state index contributed by atoms with van der Waals surface area (Å²) in [5.74, 6) is -0.202. The number of primary amides is 1. The van der Waals surface area contributed by atoms with Crippen molar-refractivity contribution in [3.05, 3.63) is 59.2 Å². The monoisotopic (exact) mass is 418 g/mol.